The van der Waals surface area contributed by atoms with Crippen molar-refractivity contribution >= 4 is 23.0 Å². The smallest absolute Gasteiger partial charge is 0.270 e. The molecule has 134 valence electrons. The predicted molar refractivity (Wildman–Crippen MR) is 102 cm³/mol. The molecule has 0 fully saturated rings. The van der Waals surface area contributed by atoms with Crippen molar-refractivity contribution in [2.75, 3.05) is 18.0 Å². The largest absolute Gasteiger partial charge is 0.322 e. The van der Waals surface area contributed by atoms with Gasteiger partial charge in [-0.05, 0) is 31.4 Å². The first-order valence-corrected chi connectivity index (χ1v) is 8.70. The number of nitro groups is 1. The number of carbonyl (C=O) groups is 1. The molecule has 0 aromatic heterocycles. The molecule has 0 aliphatic carbocycles. The van der Waals surface area contributed by atoms with Gasteiger partial charge in [-0.3, -0.25) is 19.9 Å². The summed E-state index contributed by atoms with van der Waals surface area (Å²) in [6.07, 6.45) is 2.94. The number of non-ortho nitro benzene ring substituents is 1. The number of Topliss-reactive ketones (excluding diaryl/α,β-unsaturated/α-hetero) is 1. The van der Waals surface area contributed by atoms with Crippen molar-refractivity contribution in [1.82, 2.24) is 0 Å². The second kappa shape index (κ2) is 7.91. The van der Waals surface area contributed by atoms with E-state index in [1.807, 2.05) is 36.1 Å². The number of para-hydroxylation sites is 1. The van der Waals surface area contributed by atoms with E-state index in [1.165, 1.54) is 12.1 Å². The van der Waals surface area contributed by atoms with Gasteiger partial charge in [0.2, 0.25) is 0 Å². The molecule has 6 heteroatoms. The fourth-order valence-corrected chi connectivity index (χ4v) is 3.11. The topological polar surface area (TPSA) is 75.8 Å². The first-order chi connectivity index (χ1) is 12.6. The fraction of sp³-hybridized carbons (Fsp3) is 0.300. The van der Waals surface area contributed by atoms with Gasteiger partial charge in [0, 0.05) is 36.3 Å². The van der Waals surface area contributed by atoms with Gasteiger partial charge in [-0.15, -0.1) is 0 Å². The predicted octanol–water partition coefficient (Wildman–Crippen LogP) is 4.17. The number of carbonyl (C=O) groups excluding carboxylic acids is 1. The van der Waals surface area contributed by atoms with Crippen LogP contribution in [-0.4, -0.2) is 29.6 Å². The number of rotatable bonds is 5. The summed E-state index contributed by atoms with van der Waals surface area (Å²) in [6.45, 7) is 2.89. The maximum absolute atomic E-state index is 12.8. The summed E-state index contributed by atoms with van der Waals surface area (Å²) in [4.78, 5) is 29.9. The second-order valence-electron chi connectivity index (χ2n) is 6.36. The summed E-state index contributed by atoms with van der Waals surface area (Å²) < 4.78 is 0. The van der Waals surface area contributed by atoms with Gasteiger partial charge < -0.3 is 4.90 Å². The average molecular weight is 351 g/mol. The zero-order chi connectivity index (χ0) is 18.5. The van der Waals surface area contributed by atoms with Crippen LogP contribution in [-0.2, 0) is 0 Å². The van der Waals surface area contributed by atoms with Crippen LogP contribution < -0.4 is 4.90 Å². The van der Waals surface area contributed by atoms with Gasteiger partial charge in [-0.1, -0.05) is 30.3 Å². The van der Waals surface area contributed by atoms with Crippen LogP contribution in [0.3, 0.4) is 0 Å². The molecule has 2 aromatic carbocycles. The van der Waals surface area contributed by atoms with Gasteiger partial charge in [0.05, 0.1) is 11.5 Å². The Bertz CT molecular complexity index is 861. The van der Waals surface area contributed by atoms with Crippen molar-refractivity contribution in [3.05, 3.63) is 69.8 Å². The van der Waals surface area contributed by atoms with Crippen LogP contribution in [0.15, 0.2) is 53.5 Å². The third-order valence-electron chi connectivity index (χ3n) is 4.50. The van der Waals surface area contributed by atoms with E-state index >= 15 is 0 Å². The molecule has 6 nitrogen and oxygen atoms in total. The number of ketones is 1. The van der Waals surface area contributed by atoms with Crippen LogP contribution in [0.4, 0.5) is 11.4 Å². The number of hydrogen-bond donors (Lipinski definition) is 0. The lowest BCUT2D eigenvalue weighted by Gasteiger charge is -2.29. The fourth-order valence-electron chi connectivity index (χ4n) is 3.11. The number of benzene rings is 2. The molecule has 0 radical (unpaired) electrons. The van der Waals surface area contributed by atoms with E-state index < -0.39 is 4.92 Å². The van der Waals surface area contributed by atoms with E-state index in [1.54, 1.807) is 12.1 Å². The minimum Gasteiger partial charge on any atom is -0.322 e. The quantitative estimate of drug-likeness (QED) is 0.460. The highest BCUT2D eigenvalue weighted by Gasteiger charge is 2.22. The van der Waals surface area contributed by atoms with E-state index in [2.05, 4.69) is 4.99 Å². The summed E-state index contributed by atoms with van der Waals surface area (Å²) in [5.74, 6) is 0.745. The number of amidine groups is 1. The highest BCUT2D eigenvalue weighted by atomic mass is 16.6. The van der Waals surface area contributed by atoms with Crippen LogP contribution in [0, 0.1) is 17.0 Å². The maximum Gasteiger partial charge on any atom is 0.270 e. The van der Waals surface area contributed by atoms with Gasteiger partial charge in [-0.2, -0.15) is 0 Å². The molecule has 0 atom stereocenters. The van der Waals surface area contributed by atoms with E-state index in [0.29, 0.717) is 5.56 Å². The molecule has 3 rings (SSSR count). The van der Waals surface area contributed by atoms with Crippen molar-refractivity contribution in [2.45, 2.75) is 26.2 Å². The molecule has 0 N–H and O–H groups in total. The molecule has 2 aromatic rings. The van der Waals surface area contributed by atoms with Crippen LogP contribution in [0.2, 0.25) is 0 Å². The van der Waals surface area contributed by atoms with Gasteiger partial charge in [0.25, 0.3) is 5.69 Å². The Balaban J connectivity index is 1.92. The highest BCUT2D eigenvalue weighted by molar-refractivity contribution is 6.07. The van der Waals surface area contributed by atoms with Crippen molar-refractivity contribution in [3.63, 3.8) is 0 Å². The van der Waals surface area contributed by atoms with Gasteiger partial charge in [-0.25, -0.2) is 0 Å². The Kier molecular flexibility index (Phi) is 5.41. The van der Waals surface area contributed by atoms with Crippen LogP contribution in [0.25, 0.3) is 0 Å². The lowest BCUT2D eigenvalue weighted by molar-refractivity contribution is -0.384. The molecule has 0 saturated heterocycles. The summed E-state index contributed by atoms with van der Waals surface area (Å²) in [5, 5.41) is 11.0. The molecule has 26 heavy (non-hydrogen) atoms. The third-order valence-corrected chi connectivity index (χ3v) is 4.50. The number of aliphatic imine (C=N–C) groups is 1. The van der Waals surface area contributed by atoms with E-state index in [4.69, 9.17) is 0 Å². The Labute approximate surface area is 152 Å². The lowest BCUT2D eigenvalue weighted by Crippen LogP contribution is -2.37. The zero-order valence-electron chi connectivity index (χ0n) is 14.7. The molecule has 0 saturated carbocycles. The Hall–Kier alpha value is -3.02. The van der Waals surface area contributed by atoms with Gasteiger partial charge in [0.15, 0.2) is 5.78 Å². The van der Waals surface area contributed by atoms with Crippen LogP contribution in [0.1, 0.15) is 35.2 Å². The first kappa shape index (κ1) is 17.8. The van der Waals surface area contributed by atoms with E-state index in [0.717, 1.165) is 42.9 Å². The summed E-state index contributed by atoms with van der Waals surface area (Å²) in [6, 6.07) is 13.8. The number of anilines is 1. The Morgan fingerprint density at radius 2 is 2.00 bits per heavy atom. The standard InChI is InChI=1S/C20H21N3O3/c1-15-7-2-3-10-18(15)22(20-11-4-5-12-21-20)14-19(24)16-8-6-9-17(13-16)23(25)26/h2-3,6-10,13H,4-5,11-12,14H2,1H3. The number of nitrogens with zero attached hydrogens (tertiary/aromatic N) is 3. The molecular formula is C20H21N3O3. The lowest BCUT2D eigenvalue weighted by atomic mass is 10.1. The monoisotopic (exact) mass is 351 g/mol. The Morgan fingerprint density at radius 3 is 2.69 bits per heavy atom. The second-order valence-corrected chi connectivity index (χ2v) is 6.36. The summed E-state index contributed by atoms with van der Waals surface area (Å²) >= 11 is 0. The Morgan fingerprint density at radius 1 is 1.19 bits per heavy atom. The normalized spacial score (nSPS) is 13.8. The molecule has 1 heterocycles. The zero-order valence-corrected chi connectivity index (χ0v) is 14.7. The van der Waals surface area contributed by atoms with Crippen LogP contribution in [0.5, 0.6) is 0 Å². The molecule has 0 bridgehead atoms. The van der Waals surface area contributed by atoms with Crippen molar-refractivity contribution in [1.29, 1.82) is 0 Å². The summed E-state index contributed by atoms with van der Waals surface area (Å²) in [5.41, 5.74) is 2.28. The van der Waals surface area contributed by atoms with Crippen molar-refractivity contribution in [3.8, 4) is 0 Å². The molecule has 0 amide bonds. The van der Waals surface area contributed by atoms with E-state index in [-0.39, 0.29) is 18.0 Å². The average Bonchev–Trinajstić information content (AvgIpc) is 2.67. The minimum absolute atomic E-state index is 0.0756. The number of nitro benzene ring substituents is 1. The SMILES string of the molecule is Cc1ccccc1N(CC(=O)c1cccc([N+](=O)[O-])c1)C1=NCCCC1. The maximum atomic E-state index is 12.8. The molecule has 1 aliphatic heterocycles. The van der Waals surface area contributed by atoms with Crippen molar-refractivity contribution in [2.24, 2.45) is 4.99 Å². The number of hydrogen-bond acceptors (Lipinski definition) is 5. The van der Waals surface area contributed by atoms with Crippen LogP contribution >= 0.6 is 0 Å². The molecule has 0 spiro atoms. The van der Waals surface area contributed by atoms with Crippen molar-refractivity contribution < 1.29 is 9.72 Å². The highest BCUT2D eigenvalue weighted by Crippen LogP contribution is 2.24. The first-order valence-electron chi connectivity index (χ1n) is 8.70. The molecular weight excluding hydrogens is 330 g/mol. The van der Waals surface area contributed by atoms with Gasteiger partial charge in [0.1, 0.15) is 5.84 Å². The minimum atomic E-state index is -0.485. The third kappa shape index (κ3) is 3.96. The number of aryl methyl sites for hydroxylation is 1. The molecule has 0 unspecified atom stereocenters. The van der Waals surface area contributed by atoms with E-state index in [9.17, 15) is 14.9 Å². The molecule has 1 aliphatic rings. The summed E-state index contributed by atoms with van der Waals surface area (Å²) in [7, 11) is 0. The van der Waals surface area contributed by atoms with Gasteiger partial charge >= 0.3 is 0 Å².